The molecule has 0 radical (unpaired) electrons. The number of aryl methyl sites for hydroxylation is 1. The van der Waals surface area contributed by atoms with Crippen LogP contribution in [-0.4, -0.2) is 19.2 Å². The van der Waals surface area contributed by atoms with Gasteiger partial charge < -0.3 is 9.47 Å². The van der Waals surface area contributed by atoms with Gasteiger partial charge >= 0.3 is 5.97 Å². The van der Waals surface area contributed by atoms with Crippen molar-refractivity contribution in [1.29, 1.82) is 0 Å². The van der Waals surface area contributed by atoms with Crippen molar-refractivity contribution in [2.24, 2.45) is 0 Å². The molecule has 0 fully saturated rings. The molecule has 19 heavy (non-hydrogen) atoms. The number of carbonyl (C=O) groups is 1. The average molecular weight is 283 g/mol. The first kappa shape index (κ1) is 14.2. The lowest BCUT2D eigenvalue weighted by atomic mass is 9.89. The molecule has 0 spiro atoms. The molecule has 1 aromatic carbocycles. The Hall–Kier alpha value is -1.22. The van der Waals surface area contributed by atoms with Gasteiger partial charge in [-0.2, -0.15) is 0 Å². The van der Waals surface area contributed by atoms with E-state index in [-0.39, 0.29) is 11.9 Å². The van der Waals surface area contributed by atoms with Gasteiger partial charge in [-0.25, -0.2) is 0 Å². The van der Waals surface area contributed by atoms with E-state index in [1.54, 1.807) is 0 Å². The first-order valence-corrected chi connectivity index (χ1v) is 7.03. The van der Waals surface area contributed by atoms with Crippen LogP contribution in [0.1, 0.15) is 42.4 Å². The summed E-state index contributed by atoms with van der Waals surface area (Å²) >= 11 is 6.31. The quantitative estimate of drug-likeness (QED) is 0.775. The third-order valence-electron chi connectivity index (χ3n) is 3.51. The first-order chi connectivity index (χ1) is 9.06. The molecule has 0 aromatic heterocycles. The maximum atomic E-state index is 12.1. The molecule has 0 saturated carbocycles. The van der Waals surface area contributed by atoms with Crippen molar-refractivity contribution in [3.05, 3.63) is 27.8 Å². The summed E-state index contributed by atoms with van der Waals surface area (Å²) in [5.74, 6) is 0.322. The predicted molar refractivity (Wildman–Crippen MR) is 75.0 cm³/mol. The Kier molecular flexibility index (Phi) is 4.35. The SMILES string of the molecule is CCOC(=O)C1CCCOc2cc(C)c(Cl)c(C)c21. The van der Waals surface area contributed by atoms with Gasteiger partial charge in [0.25, 0.3) is 0 Å². The number of fused-ring (bicyclic) bond motifs is 1. The van der Waals surface area contributed by atoms with Gasteiger partial charge in [-0.15, -0.1) is 0 Å². The van der Waals surface area contributed by atoms with Crippen LogP contribution in [-0.2, 0) is 9.53 Å². The number of carbonyl (C=O) groups excluding carboxylic acids is 1. The predicted octanol–water partition coefficient (Wildman–Crippen LogP) is 3.78. The van der Waals surface area contributed by atoms with Gasteiger partial charge in [0.15, 0.2) is 0 Å². The second-order valence-corrected chi connectivity index (χ2v) is 5.22. The summed E-state index contributed by atoms with van der Waals surface area (Å²) in [5, 5.41) is 0.707. The van der Waals surface area contributed by atoms with E-state index in [2.05, 4.69) is 0 Å². The van der Waals surface area contributed by atoms with Crippen LogP contribution in [0, 0.1) is 13.8 Å². The minimum atomic E-state index is -0.268. The van der Waals surface area contributed by atoms with E-state index in [1.807, 2.05) is 26.8 Å². The normalized spacial score (nSPS) is 18.2. The molecule has 1 aromatic rings. The van der Waals surface area contributed by atoms with E-state index in [0.717, 1.165) is 35.3 Å². The van der Waals surface area contributed by atoms with Crippen molar-refractivity contribution < 1.29 is 14.3 Å². The molecule has 4 heteroatoms. The third-order valence-corrected chi connectivity index (χ3v) is 4.09. The van der Waals surface area contributed by atoms with Crippen molar-refractivity contribution in [1.82, 2.24) is 0 Å². The Morgan fingerprint density at radius 3 is 2.95 bits per heavy atom. The zero-order chi connectivity index (χ0) is 14.0. The van der Waals surface area contributed by atoms with Crippen LogP contribution in [0.3, 0.4) is 0 Å². The van der Waals surface area contributed by atoms with Crippen LogP contribution in [0.2, 0.25) is 5.02 Å². The number of benzene rings is 1. The minimum Gasteiger partial charge on any atom is -0.493 e. The molecule has 0 bridgehead atoms. The fraction of sp³-hybridized carbons (Fsp3) is 0.533. The summed E-state index contributed by atoms with van der Waals surface area (Å²) < 4.78 is 10.9. The highest BCUT2D eigenvalue weighted by Crippen LogP contribution is 2.40. The molecule has 0 aliphatic carbocycles. The largest absolute Gasteiger partial charge is 0.493 e. The first-order valence-electron chi connectivity index (χ1n) is 6.65. The molecule has 2 rings (SSSR count). The lowest BCUT2D eigenvalue weighted by Crippen LogP contribution is -2.17. The summed E-state index contributed by atoms with van der Waals surface area (Å²) in [4.78, 5) is 12.1. The van der Waals surface area contributed by atoms with Gasteiger partial charge in [0.1, 0.15) is 5.75 Å². The van der Waals surface area contributed by atoms with E-state index >= 15 is 0 Å². The summed E-state index contributed by atoms with van der Waals surface area (Å²) in [5.41, 5.74) is 2.80. The number of hydrogen-bond acceptors (Lipinski definition) is 3. The third kappa shape index (κ3) is 2.71. The van der Waals surface area contributed by atoms with Crippen LogP contribution in [0.15, 0.2) is 6.07 Å². The number of rotatable bonds is 2. The summed E-state index contributed by atoms with van der Waals surface area (Å²) in [6.45, 7) is 6.73. The van der Waals surface area contributed by atoms with Crippen LogP contribution >= 0.6 is 11.6 Å². The molecule has 3 nitrogen and oxygen atoms in total. The average Bonchev–Trinajstić information content (AvgIpc) is 2.59. The molecule has 0 saturated heterocycles. The lowest BCUT2D eigenvalue weighted by molar-refractivity contribution is -0.145. The van der Waals surface area contributed by atoms with Crippen LogP contribution < -0.4 is 4.74 Å². The van der Waals surface area contributed by atoms with Gasteiger partial charge in [0.2, 0.25) is 0 Å². The Labute approximate surface area is 118 Å². The van der Waals surface area contributed by atoms with Crippen LogP contribution in [0.4, 0.5) is 0 Å². The van der Waals surface area contributed by atoms with Gasteiger partial charge in [0, 0.05) is 10.6 Å². The highest BCUT2D eigenvalue weighted by molar-refractivity contribution is 6.32. The van der Waals surface area contributed by atoms with Crippen molar-refractivity contribution in [2.75, 3.05) is 13.2 Å². The van der Waals surface area contributed by atoms with E-state index in [4.69, 9.17) is 21.1 Å². The number of halogens is 1. The smallest absolute Gasteiger partial charge is 0.313 e. The fourth-order valence-electron chi connectivity index (χ4n) is 2.58. The zero-order valence-corrected chi connectivity index (χ0v) is 12.3. The van der Waals surface area contributed by atoms with Crippen molar-refractivity contribution in [2.45, 2.75) is 39.5 Å². The standard InChI is InChI=1S/C15H19ClO3/c1-4-18-15(17)11-6-5-7-19-12-8-9(2)14(16)10(3)13(11)12/h8,11H,4-7H2,1-3H3. The van der Waals surface area contributed by atoms with Crippen molar-refractivity contribution in [3.63, 3.8) is 0 Å². The Morgan fingerprint density at radius 2 is 2.26 bits per heavy atom. The zero-order valence-electron chi connectivity index (χ0n) is 11.6. The maximum Gasteiger partial charge on any atom is 0.313 e. The molecule has 1 unspecified atom stereocenters. The summed E-state index contributed by atoms with van der Waals surface area (Å²) in [6, 6.07) is 1.92. The molecular formula is C15H19ClO3. The van der Waals surface area contributed by atoms with E-state index in [0.29, 0.717) is 18.2 Å². The lowest BCUT2D eigenvalue weighted by Gasteiger charge is -2.19. The Bertz CT molecular complexity index is 497. The minimum absolute atomic E-state index is 0.183. The maximum absolute atomic E-state index is 12.1. The topological polar surface area (TPSA) is 35.5 Å². The van der Waals surface area contributed by atoms with E-state index in [9.17, 15) is 4.79 Å². The molecular weight excluding hydrogens is 264 g/mol. The van der Waals surface area contributed by atoms with Crippen molar-refractivity contribution >= 4 is 17.6 Å². The number of hydrogen-bond donors (Lipinski definition) is 0. The summed E-state index contributed by atoms with van der Waals surface area (Å²) in [6.07, 6.45) is 1.58. The van der Waals surface area contributed by atoms with Crippen LogP contribution in [0.25, 0.3) is 0 Å². The second-order valence-electron chi connectivity index (χ2n) is 4.84. The van der Waals surface area contributed by atoms with E-state index in [1.165, 1.54) is 0 Å². The highest BCUT2D eigenvalue weighted by Gasteiger charge is 2.30. The molecule has 0 amide bonds. The van der Waals surface area contributed by atoms with Gasteiger partial charge in [-0.3, -0.25) is 4.79 Å². The van der Waals surface area contributed by atoms with Gasteiger partial charge in [0.05, 0.1) is 19.1 Å². The molecule has 1 aliphatic rings. The summed E-state index contributed by atoms with van der Waals surface area (Å²) in [7, 11) is 0. The molecule has 0 N–H and O–H groups in total. The fourth-order valence-corrected chi connectivity index (χ4v) is 2.74. The molecule has 1 atom stereocenters. The number of esters is 1. The molecule has 1 aliphatic heterocycles. The number of ether oxygens (including phenoxy) is 2. The van der Waals surface area contributed by atoms with E-state index < -0.39 is 0 Å². The monoisotopic (exact) mass is 282 g/mol. The second kappa shape index (κ2) is 5.83. The van der Waals surface area contributed by atoms with Gasteiger partial charge in [-0.1, -0.05) is 11.6 Å². The van der Waals surface area contributed by atoms with Gasteiger partial charge in [-0.05, 0) is 50.8 Å². The Morgan fingerprint density at radius 1 is 1.53 bits per heavy atom. The molecule has 104 valence electrons. The highest BCUT2D eigenvalue weighted by atomic mass is 35.5. The van der Waals surface area contributed by atoms with Crippen LogP contribution in [0.5, 0.6) is 5.75 Å². The Balaban J connectivity index is 2.52. The molecule has 1 heterocycles. The van der Waals surface area contributed by atoms with Crippen molar-refractivity contribution in [3.8, 4) is 5.75 Å².